The Morgan fingerprint density at radius 1 is 1.56 bits per heavy atom. The van der Waals surface area contributed by atoms with E-state index in [9.17, 15) is 4.79 Å². The molecule has 0 aromatic heterocycles. The fraction of sp³-hybridized carbons (Fsp3) is 0.429. The standard InChI is InChI=1S/C14H18N2O2/c1-11(16-8-4-7-15)9-13-5-3-6-14(10-13)18-12(2)17/h3,5-6,10-11,16H,4,8-9H2,1-2H3. The Bertz CT molecular complexity index is 438. The number of ether oxygens (including phenoxy) is 1. The average molecular weight is 246 g/mol. The first kappa shape index (κ1) is 14.2. The largest absolute Gasteiger partial charge is 0.427 e. The van der Waals surface area contributed by atoms with Crippen molar-refractivity contribution in [2.75, 3.05) is 6.54 Å². The molecule has 0 saturated carbocycles. The first-order valence-corrected chi connectivity index (χ1v) is 5.99. The van der Waals surface area contributed by atoms with E-state index in [0.29, 0.717) is 18.7 Å². The zero-order valence-electron chi connectivity index (χ0n) is 10.8. The van der Waals surface area contributed by atoms with Crippen LogP contribution in [0.1, 0.15) is 25.8 Å². The van der Waals surface area contributed by atoms with Gasteiger partial charge in [-0.1, -0.05) is 12.1 Å². The van der Waals surface area contributed by atoms with Gasteiger partial charge in [-0.3, -0.25) is 4.79 Å². The lowest BCUT2D eigenvalue weighted by molar-refractivity contribution is -0.131. The first-order chi connectivity index (χ1) is 8.61. The monoisotopic (exact) mass is 246 g/mol. The summed E-state index contributed by atoms with van der Waals surface area (Å²) in [5, 5.41) is 11.7. The van der Waals surface area contributed by atoms with Gasteiger partial charge in [0.05, 0.1) is 6.07 Å². The van der Waals surface area contributed by atoms with Crippen molar-refractivity contribution in [3.8, 4) is 11.8 Å². The van der Waals surface area contributed by atoms with Crippen molar-refractivity contribution >= 4 is 5.97 Å². The summed E-state index contributed by atoms with van der Waals surface area (Å²) in [4.78, 5) is 10.9. The number of esters is 1. The third kappa shape index (κ3) is 5.46. The van der Waals surface area contributed by atoms with Crippen LogP contribution in [-0.2, 0) is 11.2 Å². The van der Waals surface area contributed by atoms with E-state index in [1.54, 1.807) is 6.07 Å². The highest BCUT2D eigenvalue weighted by molar-refractivity contribution is 5.69. The lowest BCUT2D eigenvalue weighted by Crippen LogP contribution is -2.28. The van der Waals surface area contributed by atoms with Crippen molar-refractivity contribution in [3.63, 3.8) is 0 Å². The SMILES string of the molecule is CC(=O)Oc1cccc(CC(C)NCCC#N)c1. The lowest BCUT2D eigenvalue weighted by atomic mass is 10.1. The predicted molar refractivity (Wildman–Crippen MR) is 69.1 cm³/mol. The molecule has 1 aromatic carbocycles. The highest BCUT2D eigenvalue weighted by Crippen LogP contribution is 2.14. The second-order valence-electron chi connectivity index (χ2n) is 4.21. The molecule has 0 aliphatic heterocycles. The van der Waals surface area contributed by atoms with E-state index < -0.39 is 0 Å². The van der Waals surface area contributed by atoms with Crippen LogP contribution in [0, 0.1) is 11.3 Å². The molecular formula is C14H18N2O2. The summed E-state index contributed by atoms with van der Waals surface area (Å²) >= 11 is 0. The Kier molecular flexibility index (Phi) is 5.89. The number of nitrogens with zero attached hydrogens (tertiary/aromatic N) is 1. The number of rotatable bonds is 6. The molecule has 0 radical (unpaired) electrons. The zero-order valence-corrected chi connectivity index (χ0v) is 10.8. The smallest absolute Gasteiger partial charge is 0.308 e. The molecule has 1 N–H and O–H groups in total. The van der Waals surface area contributed by atoms with Crippen molar-refractivity contribution in [1.82, 2.24) is 5.32 Å². The van der Waals surface area contributed by atoms with E-state index in [0.717, 1.165) is 12.0 Å². The van der Waals surface area contributed by atoms with E-state index in [1.807, 2.05) is 18.2 Å². The minimum atomic E-state index is -0.313. The van der Waals surface area contributed by atoms with E-state index in [-0.39, 0.29) is 12.0 Å². The fourth-order valence-corrected chi connectivity index (χ4v) is 1.70. The summed E-state index contributed by atoms with van der Waals surface area (Å²) in [5.41, 5.74) is 1.10. The summed E-state index contributed by atoms with van der Waals surface area (Å²) < 4.78 is 5.03. The predicted octanol–water partition coefficient (Wildman–Crippen LogP) is 2.05. The van der Waals surface area contributed by atoms with E-state index >= 15 is 0 Å². The third-order valence-electron chi connectivity index (χ3n) is 2.43. The summed E-state index contributed by atoms with van der Waals surface area (Å²) in [6.07, 6.45) is 1.35. The second kappa shape index (κ2) is 7.46. The number of nitriles is 1. The molecule has 1 aromatic rings. The molecule has 1 rings (SSSR count). The Morgan fingerprint density at radius 2 is 2.33 bits per heavy atom. The van der Waals surface area contributed by atoms with Gasteiger partial charge in [-0.25, -0.2) is 0 Å². The van der Waals surface area contributed by atoms with Gasteiger partial charge in [0.15, 0.2) is 0 Å². The van der Waals surface area contributed by atoms with Crippen LogP contribution in [0.5, 0.6) is 5.75 Å². The van der Waals surface area contributed by atoms with Crippen molar-refractivity contribution in [2.45, 2.75) is 32.7 Å². The molecule has 0 spiro atoms. The Balaban J connectivity index is 2.51. The number of hydrogen-bond acceptors (Lipinski definition) is 4. The van der Waals surface area contributed by atoms with Gasteiger partial charge in [0, 0.05) is 25.9 Å². The molecule has 4 nitrogen and oxygen atoms in total. The maximum Gasteiger partial charge on any atom is 0.308 e. The highest BCUT2D eigenvalue weighted by Gasteiger charge is 2.04. The Hall–Kier alpha value is -1.86. The Morgan fingerprint density at radius 3 is 3.00 bits per heavy atom. The van der Waals surface area contributed by atoms with Gasteiger partial charge < -0.3 is 10.1 Å². The molecule has 0 bridgehead atoms. The molecule has 96 valence electrons. The molecule has 1 unspecified atom stereocenters. The van der Waals surface area contributed by atoms with Gasteiger partial charge >= 0.3 is 5.97 Å². The van der Waals surface area contributed by atoms with Gasteiger partial charge in [0.2, 0.25) is 0 Å². The molecule has 0 aliphatic rings. The van der Waals surface area contributed by atoms with Crippen LogP contribution in [0.15, 0.2) is 24.3 Å². The number of hydrogen-bond donors (Lipinski definition) is 1. The maximum atomic E-state index is 10.9. The fourth-order valence-electron chi connectivity index (χ4n) is 1.70. The third-order valence-corrected chi connectivity index (χ3v) is 2.43. The van der Waals surface area contributed by atoms with Crippen LogP contribution in [-0.4, -0.2) is 18.6 Å². The van der Waals surface area contributed by atoms with Gasteiger partial charge in [0.1, 0.15) is 5.75 Å². The van der Waals surface area contributed by atoms with Gasteiger partial charge in [-0.05, 0) is 31.0 Å². The summed E-state index contributed by atoms with van der Waals surface area (Å²) in [7, 11) is 0. The van der Waals surface area contributed by atoms with Crippen molar-refractivity contribution in [1.29, 1.82) is 5.26 Å². The molecule has 4 heteroatoms. The minimum absolute atomic E-state index is 0.283. The van der Waals surface area contributed by atoms with Crippen LogP contribution in [0.2, 0.25) is 0 Å². The quantitative estimate of drug-likeness (QED) is 0.474. The van der Waals surface area contributed by atoms with E-state index in [4.69, 9.17) is 10.00 Å². The Labute approximate surface area is 108 Å². The highest BCUT2D eigenvalue weighted by atomic mass is 16.5. The molecule has 0 saturated heterocycles. The van der Waals surface area contributed by atoms with E-state index in [2.05, 4.69) is 18.3 Å². The van der Waals surface area contributed by atoms with E-state index in [1.165, 1.54) is 6.92 Å². The molecule has 0 fully saturated rings. The molecule has 0 amide bonds. The molecular weight excluding hydrogens is 228 g/mol. The normalized spacial score (nSPS) is 11.6. The van der Waals surface area contributed by atoms with Crippen LogP contribution < -0.4 is 10.1 Å². The minimum Gasteiger partial charge on any atom is -0.427 e. The topological polar surface area (TPSA) is 62.1 Å². The number of carbonyl (C=O) groups excluding carboxylic acids is 1. The van der Waals surface area contributed by atoms with Crippen molar-refractivity contribution in [3.05, 3.63) is 29.8 Å². The zero-order chi connectivity index (χ0) is 13.4. The molecule has 0 aliphatic carbocycles. The van der Waals surface area contributed by atoms with Gasteiger partial charge in [0.25, 0.3) is 0 Å². The molecule has 0 heterocycles. The molecule has 1 atom stereocenters. The lowest BCUT2D eigenvalue weighted by Gasteiger charge is -2.13. The van der Waals surface area contributed by atoms with Crippen molar-refractivity contribution < 1.29 is 9.53 Å². The number of nitrogens with one attached hydrogen (secondary N) is 1. The van der Waals surface area contributed by atoms with Crippen LogP contribution in [0.3, 0.4) is 0 Å². The van der Waals surface area contributed by atoms with Crippen LogP contribution in [0.25, 0.3) is 0 Å². The van der Waals surface area contributed by atoms with Gasteiger partial charge in [-0.2, -0.15) is 5.26 Å². The number of benzene rings is 1. The summed E-state index contributed by atoms with van der Waals surface area (Å²) in [5.74, 6) is 0.261. The average Bonchev–Trinajstić information content (AvgIpc) is 2.28. The summed E-state index contributed by atoms with van der Waals surface area (Å²) in [6.45, 7) is 4.15. The first-order valence-electron chi connectivity index (χ1n) is 5.99. The van der Waals surface area contributed by atoms with Crippen molar-refractivity contribution in [2.24, 2.45) is 0 Å². The second-order valence-corrected chi connectivity index (χ2v) is 4.21. The molecule has 18 heavy (non-hydrogen) atoms. The summed E-state index contributed by atoms with van der Waals surface area (Å²) in [6, 6.07) is 9.87. The number of carbonyl (C=O) groups is 1. The maximum absolute atomic E-state index is 10.9. The van der Waals surface area contributed by atoms with Crippen LogP contribution in [0.4, 0.5) is 0 Å². The van der Waals surface area contributed by atoms with Gasteiger partial charge in [-0.15, -0.1) is 0 Å². The van der Waals surface area contributed by atoms with Crippen LogP contribution >= 0.6 is 0 Å².